The number of nitrogens with zero attached hydrogens (tertiary/aromatic N) is 2. The molecule has 0 spiro atoms. The molecule has 1 heterocycles. The summed E-state index contributed by atoms with van der Waals surface area (Å²) >= 11 is 0. The van der Waals surface area contributed by atoms with E-state index in [9.17, 15) is 0 Å². The summed E-state index contributed by atoms with van der Waals surface area (Å²) in [5.41, 5.74) is 7.32. The lowest BCUT2D eigenvalue weighted by Crippen LogP contribution is -2.05. The van der Waals surface area contributed by atoms with Crippen LogP contribution in [0.5, 0.6) is 11.6 Å². The minimum atomic E-state index is 0.146. The summed E-state index contributed by atoms with van der Waals surface area (Å²) in [6.45, 7) is 3.97. The van der Waals surface area contributed by atoms with Crippen LogP contribution in [0.3, 0.4) is 0 Å². The second-order valence-corrected chi connectivity index (χ2v) is 4.34. The standard InChI is InChI=1S/C14H17N3O2/c1-9(2)19-11-6-4-10(5-7-11)13-14(15)16-8-12(17-13)18-3/h4-9H,1-3H3,(H2,15,16). The Morgan fingerprint density at radius 1 is 1.16 bits per heavy atom. The van der Waals surface area contributed by atoms with E-state index in [1.807, 2.05) is 38.1 Å². The lowest BCUT2D eigenvalue weighted by Gasteiger charge is -2.10. The van der Waals surface area contributed by atoms with E-state index in [1.165, 1.54) is 6.20 Å². The van der Waals surface area contributed by atoms with Crippen LogP contribution in [0.25, 0.3) is 11.3 Å². The van der Waals surface area contributed by atoms with Crippen LogP contribution in [-0.4, -0.2) is 23.2 Å². The van der Waals surface area contributed by atoms with Crippen molar-refractivity contribution in [3.05, 3.63) is 30.5 Å². The summed E-state index contributed by atoms with van der Waals surface area (Å²) in [4.78, 5) is 8.36. The number of benzene rings is 1. The van der Waals surface area contributed by atoms with Gasteiger partial charge in [0.15, 0.2) is 0 Å². The maximum atomic E-state index is 5.83. The molecule has 5 heteroatoms. The second-order valence-electron chi connectivity index (χ2n) is 4.34. The van der Waals surface area contributed by atoms with Crippen molar-refractivity contribution < 1.29 is 9.47 Å². The van der Waals surface area contributed by atoms with Gasteiger partial charge in [0.1, 0.15) is 17.3 Å². The number of hydrogen-bond acceptors (Lipinski definition) is 5. The van der Waals surface area contributed by atoms with Crippen LogP contribution in [0, 0.1) is 0 Å². The summed E-state index contributed by atoms with van der Waals surface area (Å²) in [7, 11) is 1.55. The van der Waals surface area contributed by atoms with Crippen LogP contribution in [0.1, 0.15) is 13.8 Å². The molecular formula is C14H17N3O2. The number of nitrogen functional groups attached to an aromatic ring is 1. The van der Waals surface area contributed by atoms with Crippen LogP contribution in [0.15, 0.2) is 30.5 Å². The lowest BCUT2D eigenvalue weighted by molar-refractivity contribution is 0.242. The average molecular weight is 259 g/mol. The summed E-state index contributed by atoms with van der Waals surface area (Å²) in [6.07, 6.45) is 1.64. The van der Waals surface area contributed by atoms with E-state index in [-0.39, 0.29) is 6.10 Å². The van der Waals surface area contributed by atoms with Gasteiger partial charge in [0.2, 0.25) is 5.88 Å². The van der Waals surface area contributed by atoms with Crippen LogP contribution >= 0.6 is 0 Å². The number of ether oxygens (including phenoxy) is 2. The van der Waals surface area contributed by atoms with E-state index in [1.54, 1.807) is 7.11 Å². The van der Waals surface area contributed by atoms with Gasteiger partial charge in [-0.05, 0) is 38.1 Å². The fourth-order valence-electron chi connectivity index (χ4n) is 1.66. The Bertz CT molecular complexity index is 553. The minimum absolute atomic E-state index is 0.146. The van der Waals surface area contributed by atoms with E-state index in [4.69, 9.17) is 15.2 Å². The highest BCUT2D eigenvalue weighted by Gasteiger charge is 2.08. The van der Waals surface area contributed by atoms with Gasteiger partial charge in [-0.15, -0.1) is 0 Å². The highest BCUT2D eigenvalue weighted by molar-refractivity contribution is 5.70. The van der Waals surface area contributed by atoms with Gasteiger partial charge in [-0.25, -0.2) is 9.97 Å². The first-order valence-electron chi connectivity index (χ1n) is 6.03. The first-order valence-corrected chi connectivity index (χ1v) is 6.03. The average Bonchev–Trinajstić information content (AvgIpc) is 2.40. The molecule has 0 bridgehead atoms. The molecule has 0 saturated heterocycles. The fourth-order valence-corrected chi connectivity index (χ4v) is 1.66. The molecule has 1 aromatic heterocycles. The van der Waals surface area contributed by atoms with Crippen molar-refractivity contribution in [1.82, 2.24) is 9.97 Å². The van der Waals surface area contributed by atoms with Crippen LogP contribution in [0.2, 0.25) is 0 Å². The largest absolute Gasteiger partial charge is 0.491 e. The molecule has 0 amide bonds. The highest BCUT2D eigenvalue weighted by Crippen LogP contribution is 2.26. The van der Waals surface area contributed by atoms with Gasteiger partial charge >= 0.3 is 0 Å². The van der Waals surface area contributed by atoms with E-state index in [0.717, 1.165) is 11.3 Å². The number of methoxy groups -OCH3 is 1. The molecule has 0 aliphatic carbocycles. The van der Waals surface area contributed by atoms with Crippen LogP contribution < -0.4 is 15.2 Å². The quantitative estimate of drug-likeness (QED) is 0.913. The third-order valence-electron chi connectivity index (χ3n) is 2.49. The van der Waals surface area contributed by atoms with Crippen LogP contribution in [0.4, 0.5) is 5.82 Å². The van der Waals surface area contributed by atoms with E-state index in [0.29, 0.717) is 17.4 Å². The number of rotatable bonds is 4. The van der Waals surface area contributed by atoms with E-state index >= 15 is 0 Å². The third-order valence-corrected chi connectivity index (χ3v) is 2.49. The van der Waals surface area contributed by atoms with Gasteiger partial charge in [0, 0.05) is 5.56 Å². The topological polar surface area (TPSA) is 70.3 Å². The maximum absolute atomic E-state index is 5.83. The normalized spacial score (nSPS) is 10.5. The van der Waals surface area contributed by atoms with Gasteiger partial charge in [0.05, 0.1) is 19.4 Å². The Hall–Kier alpha value is -2.30. The van der Waals surface area contributed by atoms with Gasteiger partial charge in [-0.3, -0.25) is 0 Å². The lowest BCUT2D eigenvalue weighted by atomic mass is 10.1. The van der Waals surface area contributed by atoms with Gasteiger partial charge in [-0.2, -0.15) is 0 Å². The Balaban J connectivity index is 2.31. The van der Waals surface area contributed by atoms with Crippen molar-refractivity contribution in [1.29, 1.82) is 0 Å². The van der Waals surface area contributed by atoms with Crippen molar-refractivity contribution >= 4 is 5.82 Å². The van der Waals surface area contributed by atoms with Crippen molar-refractivity contribution in [3.8, 4) is 22.9 Å². The fraction of sp³-hybridized carbons (Fsp3) is 0.286. The smallest absolute Gasteiger partial charge is 0.232 e. The number of nitrogens with two attached hydrogens (primary N) is 1. The summed E-state index contributed by atoms with van der Waals surface area (Å²) in [5.74, 6) is 1.62. The van der Waals surface area contributed by atoms with Crippen molar-refractivity contribution in [3.63, 3.8) is 0 Å². The Labute approximate surface area is 112 Å². The molecule has 0 unspecified atom stereocenters. The minimum Gasteiger partial charge on any atom is -0.491 e. The molecule has 2 N–H and O–H groups in total. The molecule has 2 rings (SSSR count). The zero-order valence-corrected chi connectivity index (χ0v) is 11.3. The molecule has 100 valence electrons. The monoisotopic (exact) mass is 259 g/mol. The van der Waals surface area contributed by atoms with Gasteiger partial charge < -0.3 is 15.2 Å². The Kier molecular flexibility index (Phi) is 3.85. The molecule has 5 nitrogen and oxygen atoms in total. The van der Waals surface area contributed by atoms with E-state index < -0.39 is 0 Å². The molecule has 0 atom stereocenters. The molecule has 1 aromatic carbocycles. The maximum Gasteiger partial charge on any atom is 0.232 e. The molecule has 0 fully saturated rings. The molecule has 2 aromatic rings. The molecule has 19 heavy (non-hydrogen) atoms. The van der Waals surface area contributed by atoms with Crippen LogP contribution in [-0.2, 0) is 0 Å². The number of hydrogen-bond donors (Lipinski definition) is 1. The molecule has 0 radical (unpaired) electrons. The molecule has 0 aliphatic rings. The first kappa shape index (κ1) is 13.1. The van der Waals surface area contributed by atoms with Gasteiger partial charge in [0.25, 0.3) is 0 Å². The number of anilines is 1. The summed E-state index contributed by atoms with van der Waals surface area (Å²) in [5, 5.41) is 0. The Morgan fingerprint density at radius 2 is 1.84 bits per heavy atom. The van der Waals surface area contributed by atoms with Crippen molar-refractivity contribution in [2.24, 2.45) is 0 Å². The third kappa shape index (κ3) is 3.13. The predicted octanol–water partition coefficient (Wildman–Crippen LogP) is 2.52. The second kappa shape index (κ2) is 5.56. The SMILES string of the molecule is COc1cnc(N)c(-c2ccc(OC(C)C)cc2)n1. The summed E-state index contributed by atoms with van der Waals surface area (Å²) < 4.78 is 10.6. The van der Waals surface area contributed by atoms with Crippen molar-refractivity contribution in [2.45, 2.75) is 20.0 Å². The summed E-state index contributed by atoms with van der Waals surface area (Å²) in [6, 6.07) is 7.57. The molecular weight excluding hydrogens is 242 g/mol. The Morgan fingerprint density at radius 3 is 2.42 bits per heavy atom. The molecule has 0 aliphatic heterocycles. The number of aromatic nitrogens is 2. The zero-order chi connectivity index (χ0) is 13.8. The van der Waals surface area contributed by atoms with E-state index in [2.05, 4.69) is 9.97 Å². The molecule has 0 saturated carbocycles. The predicted molar refractivity (Wildman–Crippen MR) is 74.2 cm³/mol. The highest BCUT2D eigenvalue weighted by atomic mass is 16.5. The zero-order valence-electron chi connectivity index (χ0n) is 11.3. The van der Waals surface area contributed by atoms with Crippen molar-refractivity contribution in [2.75, 3.05) is 12.8 Å². The van der Waals surface area contributed by atoms with Gasteiger partial charge in [-0.1, -0.05) is 0 Å². The first-order chi connectivity index (χ1) is 9.10.